The summed E-state index contributed by atoms with van der Waals surface area (Å²) in [6.07, 6.45) is 4.83. The van der Waals surface area contributed by atoms with Crippen molar-refractivity contribution in [3.63, 3.8) is 0 Å². The number of carbonyl (C=O) groups excluding carboxylic acids is 2. The average Bonchev–Trinajstić information content (AvgIpc) is 3.19. The standard InChI is InChI=1S/C23H26FN3O3/c24-17-6-11-21(26-12-2-1-3-13-26)20(15-17)25-22(28)16-30-19-9-7-18(8-10-19)27-14-4-5-23(27)29/h6-11,15H,1-5,12-14,16H2,(H,25,28). The van der Waals surface area contributed by atoms with Gasteiger partial charge in [-0.1, -0.05) is 0 Å². The molecule has 0 unspecified atom stereocenters. The van der Waals surface area contributed by atoms with Crippen LogP contribution in [0.25, 0.3) is 0 Å². The lowest BCUT2D eigenvalue weighted by molar-refractivity contribution is -0.118. The molecule has 2 aromatic rings. The molecule has 2 amide bonds. The number of nitrogens with zero attached hydrogens (tertiary/aromatic N) is 2. The molecule has 2 saturated heterocycles. The van der Waals surface area contributed by atoms with Crippen LogP contribution in [-0.4, -0.2) is 38.1 Å². The van der Waals surface area contributed by atoms with Crippen LogP contribution in [0.2, 0.25) is 0 Å². The van der Waals surface area contributed by atoms with Crippen LogP contribution in [0.15, 0.2) is 42.5 Å². The van der Waals surface area contributed by atoms with Gasteiger partial charge in [0.1, 0.15) is 11.6 Å². The van der Waals surface area contributed by atoms with E-state index >= 15 is 0 Å². The minimum atomic E-state index is -0.390. The molecule has 4 rings (SSSR count). The number of hydrogen-bond donors (Lipinski definition) is 1. The summed E-state index contributed by atoms with van der Waals surface area (Å²) in [5.74, 6) is -0.0737. The molecule has 7 heteroatoms. The Bertz CT molecular complexity index is 910. The fraction of sp³-hybridized carbons (Fsp3) is 0.391. The average molecular weight is 411 g/mol. The molecule has 2 aromatic carbocycles. The van der Waals surface area contributed by atoms with E-state index in [1.807, 2.05) is 12.1 Å². The van der Waals surface area contributed by atoms with E-state index < -0.39 is 0 Å². The molecule has 158 valence electrons. The van der Waals surface area contributed by atoms with Crippen molar-refractivity contribution < 1.29 is 18.7 Å². The molecule has 0 radical (unpaired) electrons. The van der Waals surface area contributed by atoms with Gasteiger partial charge in [0.15, 0.2) is 6.61 Å². The van der Waals surface area contributed by atoms with Gasteiger partial charge in [-0.2, -0.15) is 0 Å². The Morgan fingerprint density at radius 1 is 1.00 bits per heavy atom. The SMILES string of the molecule is O=C(COc1ccc(N2CCCC2=O)cc1)Nc1cc(F)ccc1N1CCCCC1. The predicted octanol–water partition coefficient (Wildman–Crippen LogP) is 3.96. The zero-order valence-electron chi connectivity index (χ0n) is 16.9. The van der Waals surface area contributed by atoms with Crippen LogP contribution >= 0.6 is 0 Å². The maximum absolute atomic E-state index is 13.8. The number of amides is 2. The molecule has 2 heterocycles. The van der Waals surface area contributed by atoms with Crippen LogP contribution in [0.3, 0.4) is 0 Å². The van der Waals surface area contributed by atoms with E-state index in [0.717, 1.165) is 50.3 Å². The fourth-order valence-electron chi connectivity index (χ4n) is 4.00. The van der Waals surface area contributed by atoms with Gasteiger partial charge in [-0.3, -0.25) is 9.59 Å². The number of rotatable bonds is 6. The number of anilines is 3. The zero-order chi connectivity index (χ0) is 20.9. The molecule has 6 nitrogen and oxygen atoms in total. The van der Waals surface area contributed by atoms with Crippen LogP contribution in [-0.2, 0) is 9.59 Å². The Labute approximate surface area is 175 Å². The van der Waals surface area contributed by atoms with E-state index in [-0.39, 0.29) is 24.2 Å². The van der Waals surface area contributed by atoms with Crippen LogP contribution < -0.4 is 19.9 Å². The lowest BCUT2D eigenvalue weighted by Crippen LogP contribution is -2.31. The summed E-state index contributed by atoms with van der Waals surface area (Å²) in [5, 5.41) is 2.78. The monoisotopic (exact) mass is 411 g/mol. The van der Waals surface area contributed by atoms with Gasteiger partial charge >= 0.3 is 0 Å². The van der Waals surface area contributed by atoms with Crippen molar-refractivity contribution in [3.05, 3.63) is 48.3 Å². The molecule has 30 heavy (non-hydrogen) atoms. The lowest BCUT2D eigenvalue weighted by atomic mass is 10.1. The van der Waals surface area contributed by atoms with E-state index in [9.17, 15) is 14.0 Å². The summed E-state index contributed by atoms with van der Waals surface area (Å²) in [6.45, 7) is 2.35. The van der Waals surface area contributed by atoms with Crippen molar-refractivity contribution in [1.82, 2.24) is 0 Å². The van der Waals surface area contributed by atoms with E-state index in [1.54, 1.807) is 23.1 Å². The first-order valence-corrected chi connectivity index (χ1v) is 10.5. The highest BCUT2D eigenvalue weighted by Crippen LogP contribution is 2.29. The quantitative estimate of drug-likeness (QED) is 0.782. The maximum Gasteiger partial charge on any atom is 0.262 e. The summed E-state index contributed by atoms with van der Waals surface area (Å²) >= 11 is 0. The van der Waals surface area contributed by atoms with E-state index in [2.05, 4.69) is 10.2 Å². The summed E-state index contributed by atoms with van der Waals surface area (Å²) in [4.78, 5) is 28.2. The molecule has 0 bridgehead atoms. The van der Waals surface area contributed by atoms with Gasteiger partial charge in [0.2, 0.25) is 5.91 Å². The number of nitrogens with one attached hydrogen (secondary N) is 1. The van der Waals surface area contributed by atoms with E-state index in [4.69, 9.17) is 4.74 Å². The van der Waals surface area contributed by atoms with Crippen molar-refractivity contribution in [3.8, 4) is 5.75 Å². The second-order valence-electron chi connectivity index (χ2n) is 7.69. The number of hydrogen-bond acceptors (Lipinski definition) is 4. The van der Waals surface area contributed by atoms with Gasteiger partial charge in [-0.15, -0.1) is 0 Å². The molecule has 0 atom stereocenters. The Balaban J connectivity index is 1.36. The lowest BCUT2D eigenvalue weighted by Gasteiger charge is -2.30. The normalized spacial score (nSPS) is 16.6. The topological polar surface area (TPSA) is 61.9 Å². The highest BCUT2D eigenvalue weighted by molar-refractivity contribution is 5.96. The first-order chi connectivity index (χ1) is 14.6. The number of carbonyl (C=O) groups is 2. The highest BCUT2D eigenvalue weighted by atomic mass is 19.1. The molecule has 1 N–H and O–H groups in total. The Kier molecular flexibility index (Phi) is 6.16. The predicted molar refractivity (Wildman–Crippen MR) is 115 cm³/mol. The largest absolute Gasteiger partial charge is 0.484 e. The molecular formula is C23H26FN3O3. The molecular weight excluding hydrogens is 385 g/mol. The molecule has 0 saturated carbocycles. The molecule has 2 fully saturated rings. The van der Waals surface area contributed by atoms with E-state index in [1.165, 1.54) is 18.6 Å². The van der Waals surface area contributed by atoms with Crippen molar-refractivity contribution >= 4 is 28.9 Å². The maximum atomic E-state index is 13.8. The molecule has 2 aliphatic heterocycles. The Morgan fingerprint density at radius 3 is 2.47 bits per heavy atom. The molecule has 0 aromatic heterocycles. The highest BCUT2D eigenvalue weighted by Gasteiger charge is 2.21. The number of halogens is 1. The van der Waals surface area contributed by atoms with Crippen molar-refractivity contribution in [2.45, 2.75) is 32.1 Å². The molecule has 0 spiro atoms. The smallest absolute Gasteiger partial charge is 0.262 e. The van der Waals surface area contributed by atoms with Gasteiger partial charge in [0.25, 0.3) is 5.91 Å². The number of piperidine rings is 1. The number of ether oxygens (including phenoxy) is 1. The van der Waals surface area contributed by atoms with Gasteiger partial charge in [-0.05, 0) is 68.1 Å². The third-order valence-electron chi connectivity index (χ3n) is 5.52. The van der Waals surface area contributed by atoms with Gasteiger partial charge < -0.3 is 19.9 Å². The van der Waals surface area contributed by atoms with Crippen molar-refractivity contribution in [2.24, 2.45) is 0 Å². The minimum Gasteiger partial charge on any atom is -0.484 e. The van der Waals surface area contributed by atoms with Crippen molar-refractivity contribution in [1.29, 1.82) is 0 Å². The second kappa shape index (κ2) is 9.15. The molecule has 2 aliphatic rings. The van der Waals surface area contributed by atoms with Gasteiger partial charge in [-0.25, -0.2) is 4.39 Å². The van der Waals surface area contributed by atoms with Crippen LogP contribution in [0.5, 0.6) is 5.75 Å². The summed E-state index contributed by atoms with van der Waals surface area (Å²) < 4.78 is 19.4. The number of benzene rings is 2. The third kappa shape index (κ3) is 4.72. The van der Waals surface area contributed by atoms with Crippen LogP contribution in [0, 0.1) is 5.82 Å². The summed E-state index contributed by atoms with van der Waals surface area (Å²) in [6, 6.07) is 11.6. The summed E-state index contributed by atoms with van der Waals surface area (Å²) in [5.41, 5.74) is 2.14. The summed E-state index contributed by atoms with van der Waals surface area (Å²) in [7, 11) is 0. The van der Waals surface area contributed by atoms with Gasteiger partial charge in [0, 0.05) is 31.7 Å². The first-order valence-electron chi connectivity index (χ1n) is 10.5. The fourth-order valence-corrected chi connectivity index (χ4v) is 4.00. The first kappa shape index (κ1) is 20.2. The van der Waals surface area contributed by atoms with Gasteiger partial charge in [0.05, 0.1) is 11.4 Å². The Morgan fingerprint density at radius 2 is 1.77 bits per heavy atom. The third-order valence-corrected chi connectivity index (χ3v) is 5.52. The zero-order valence-corrected chi connectivity index (χ0v) is 16.9. The van der Waals surface area contributed by atoms with Crippen LogP contribution in [0.1, 0.15) is 32.1 Å². The second-order valence-corrected chi connectivity index (χ2v) is 7.69. The van der Waals surface area contributed by atoms with Crippen LogP contribution in [0.4, 0.5) is 21.5 Å². The Hall–Kier alpha value is -3.09. The van der Waals surface area contributed by atoms with E-state index in [0.29, 0.717) is 17.9 Å². The van der Waals surface area contributed by atoms with Crippen molar-refractivity contribution in [2.75, 3.05) is 41.4 Å². The molecule has 0 aliphatic carbocycles. The minimum absolute atomic E-state index is 0.127.